The monoisotopic (exact) mass is 257 g/mol. The first-order valence-corrected chi connectivity index (χ1v) is 6.58. The molecular formula is C15H19N3O. The summed E-state index contributed by atoms with van der Waals surface area (Å²) in [4.78, 5) is 18.6. The maximum Gasteiger partial charge on any atom is 0.272 e. The lowest BCUT2D eigenvalue weighted by atomic mass is 10.1. The summed E-state index contributed by atoms with van der Waals surface area (Å²) in [6.45, 7) is 5.33. The molecule has 0 bridgehead atoms. The summed E-state index contributed by atoms with van der Waals surface area (Å²) in [7, 11) is 1.85. The van der Waals surface area contributed by atoms with Crippen LogP contribution in [0.15, 0.2) is 30.3 Å². The topological polar surface area (TPSA) is 45.2 Å². The van der Waals surface area contributed by atoms with Crippen molar-refractivity contribution in [3.63, 3.8) is 0 Å². The SMILES string of the molecule is CCN(CC)C(=O)c1cc(NC)c2ccccc2n1. The lowest BCUT2D eigenvalue weighted by Gasteiger charge is -2.18. The number of nitrogens with one attached hydrogen (secondary N) is 1. The predicted octanol–water partition coefficient (Wildman–Crippen LogP) is 2.76. The van der Waals surface area contributed by atoms with Crippen molar-refractivity contribution in [1.29, 1.82) is 0 Å². The Bertz CT molecular complexity index is 591. The second-order valence-electron chi connectivity index (χ2n) is 4.30. The molecule has 1 aromatic heterocycles. The van der Waals surface area contributed by atoms with Gasteiger partial charge in [-0.05, 0) is 26.0 Å². The van der Waals surface area contributed by atoms with Crippen LogP contribution in [0, 0.1) is 0 Å². The number of nitrogens with zero attached hydrogens (tertiary/aromatic N) is 2. The van der Waals surface area contributed by atoms with E-state index in [-0.39, 0.29) is 5.91 Å². The van der Waals surface area contributed by atoms with Crippen LogP contribution in [-0.2, 0) is 0 Å². The van der Waals surface area contributed by atoms with Crippen LogP contribution in [0.2, 0.25) is 0 Å². The van der Waals surface area contributed by atoms with Crippen LogP contribution in [0.25, 0.3) is 10.9 Å². The molecule has 4 nitrogen and oxygen atoms in total. The van der Waals surface area contributed by atoms with Gasteiger partial charge in [0.1, 0.15) is 5.69 Å². The highest BCUT2D eigenvalue weighted by Crippen LogP contribution is 2.23. The van der Waals surface area contributed by atoms with E-state index < -0.39 is 0 Å². The summed E-state index contributed by atoms with van der Waals surface area (Å²) < 4.78 is 0. The van der Waals surface area contributed by atoms with E-state index in [0.717, 1.165) is 16.6 Å². The number of rotatable bonds is 4. The highest BCUT2D eigenvalue weighted by molar-refractivity contribution is 5.99. The second-order valence-corrected chi connectivity index (χ2v) is 4.30. The first-order valence-electron chi connectivity index (χ1n) is 6.58. The molecule has 0 saturated carbocycles. The van der Waals surface area contributed by atoms with Gasteiger partial charge in [0.15, 0.2) is 0 Å². The Kier molecular flexibility index (Phi) is 4.00. The number of aromatic nitrogens is 1. The van der Waals surface area contributed by atoms with Crippen molar-refractivity contribution >= 4 is 22.5 Å². The zero-order valence-corrected chi connectivity index (χ0v) is 11.6. The zero-order valence-electron chi connectivity index (χ0n) is 11.6. The molecule has 0 aliphatic rings. The minimum Gasteiger partial charge on any atom is -0.388 e. The number of pyridine rings is 1. The molecule has 0 atom stereocenters. The average molecular weight is 257 g/mol. The van der Waals surface area contributed by atoms with Gasteiger partial charge in [0.2, 0.25) is 0 Å². The number of carbonyl (C=O) groups excluding carboxylic acids is 1. The van der Waals surface area contributed by atoms with E-state index in [9.17, 15) is 4.79 Å². The molecule has 0 radical (unpaired) electrons. The summed E-state index contributed by atoms with van der Waals surface area (Å²) in [6.07, 6.45) is 0. The third kappa shape index (κ3) is 2.52. The molecule has 1 heterocycles. The van der Waals surface area contributed by atoms with Crippen LogP contribution in [-0.4, -0.2) is 35.9 Å². The maximum absolute atomic E-state index is 12.4. The molecule has 1 amide bonds. The summed E-state index contributed by atoms with van der Waals surface area (Å²) in [6, 6.07) is 9.65. The Hall–Kier alpha value is -2.10. The summed E-state index contributed by atoms with van der Waals surface area (Å²) >= 11 is 0. The number of hydrogen-bond acceptors (Lipinski definition) is 3. The van der Waals surface area contributed by atoms with Crippen molar-refractivity contribution in [1.82, 2.24) is 9.88 Å². The van der Waals surface area contributed by atoms with Crippen LogP contribution in [0.1, 0.15) is 24.3 Å². The lowest BCUT2D eigenvalue weighted by molar-refractivity contribution is 0.0767. The Labute approximate surface area is 113 Å². The Balaban J connectivity index is 2.53. The summed E-state index contributed by atoms with van der Waals surface area (Å²) in [5.41, 5.74) is 2.26. The summed E-state index contributed by atoms with van der Waals surface area (Å²) in [5, 5.41) is 4.16. The number of benzene rings is 1. The molecular weight excluding hydrogens is 238 g/mol. The van der Waals surface area contributed by atoms with Crippen LogP contribution in [0.4, 0.5) is 5.69 Å². The van der Waals surface area contributed by atoms with Crippen LogP contribution in [0.3, 0.4) is 0 Å². The van der Waals surface area contributed by atoms with Gasteiger partial charge < -0.3 is 10.2 Å². The molecule has 4 heteroatoms. The van der Waals surface area contributed by atoms with E-state index in [0.29, 0.717) is 18.8 Å². The fourth-order valence-electron chi connectivity index (χ4n) is 2.16. The fourth-order valence-corrected chi connectivity index (χ4v) is 2.16. The second kappa shape index (κ2) is 5.69. The number of amides is 1. The van der Waals surface area contributed by atoms with Gasteiger partial charge in [-0.2, -0.15) is 0 Å². The fraction of sp³-hybridized carbons (Fsp3) is 0.333. The molecule has 1 aromatic carbocycles. The highest BCUT2D eigenvalue weighted by atomic mass is 16.2. The number of anilines is 1. The van der Waals surface area contributed by atoms with Crippen LogP contribution < -0.4 is 5.32 Å². The molecule has 0 spiro atoms. The quantitative estimate of drug-likeness (QED) is 0.916. The number of hydrogen-bond donors (Lipinski definition) is 1. The Morgan fingerprint density at radius 3 is 2.58 bits per heavy atom. The number of fused-ring (bicyclic) bond motifs is 1. The van der Waals surface area contributed by atoms with E-state index in [1.165, 1.54) is 0 Å². The largest absolute Gasteiger partial charge is 0.388 e. The molecule has 0 saturated heterocycles. The van der Waals surface area contributed by atoms with E-state index in [2.05, 4.69) is 10.3 Å². The lowest BCUT2D eigenvalue weighted by Crippen LogP contribution is -2.31. The Morgan fingerprint density at radius 1 is 1.26 bits per heavy atom. The average Bonchev–Trinajstić information content (AvgIpc) is 2.47. The van der Waals surface area contributed by atoms with Crippen molar-refractivity contribution in [2.24, 2.45) is 0 Å². The summed E-state index contributed by atoms with van der Waals surface area (Å²) in [5.74, 6) is -0.0211. The third-order valence-corrected chi connectivity index (χ3v) is 3.26. The van der Waals surface area contributed by atoms with E-state index in [4.69, 9.17) is 0 Å². The minimum atomic E-state index is -0.0211. The van der Waals surface area contributed by atoms with Gasteiger partial charge in [0.25, 0.3) is 5.91 Å². The molecule has 0 fully saturated rings. The molecule has 1 N–H and O–H groups in total. The highest BCUT2D eigenvalue weighted by Gasteiger charge is 2.16. The first-order chi connectivity index (χ1) is 9.21. The molecule has 0 aliphatic heterocycles. The first kappa shape index (κ1) is 13.3. The standard InChI is InChI=1S/C15H19N3O/c1-4-18(5-2)15(19)14-10-13(16-3)11-8-6-7-9-12(11)17-14/h6-10H,4-5H2,1-3H3,(H,16,17). The van der Waals surface area contributed by atoms with Crippen molar-refractivity contribution < 1.29 is 4.79 Å². The van der Waals surface area contributed by atoms with E-state index in [1.54, 1.807) is 4.90 Å². The van der Waals surface area contributed by atoms with Gasteiger partial charge in [0, 0.05) is 31.2 Å². The van der Waals surface area contributed by atoms with E-state index in [1.807, 2.05) is 51.2 Å². The van der Waals surface area contributed by atoms with Gasteiger partial charge in [-0.15, -0.1) is 0 Å². The van der Waals surface area contributed by atoms with Gasteiger partial charge in [0.05, 0.1) is 5.52 Å². The van der Waals surface area contributed by atoms with Crippen LogP contribution >= 0.6 is 0 Å². The minimum absolute atomic E-state index is 0.0211. The van der Waals surface area contributed by atoms with Crippen molar-refractivity contribution in [2.75, 3.05) is 25.5 Å². The van der Waals surface area contributed by atoms with Gasteiger partial charge in [-0.25, -0.2) is 4.98 Å². The third-order valence-electron chi connectivity index (χ3n) is 3.26. The van der Waals surface area contributed by atoms with Crippen molar-refractivity contribution in [3.05, 3.63) is 36.0 Å². The maximum atomic E-state index is 12.4. The predicted molar refractivity (Wildman–Crippen MR) is 78.5 cm³/mol. The number of carbonyl (C=O) groups is 1. The van der Waals surface area contributed by atoms with Crippen LogP contribution in [0.5, 0.6) is 0 Å². The molecule has 2 rings (SSSR count). The van der Waals surface area contributed by atoms with Gasteiger partial charge in [-0.1, -0.05) is 18.2 Å². The molecule has 0 unspecified atom stereocenters. The van der Waals surface area contributed by atoms with Crippen molar-refractivity contribution in [2.45, 2.75) is 13.8 Å². The van der Waals surface area contributed by atoms with Gasteiger partial charge in [-0.3, -0.25) is 4.79 Å². The smallest absolute Gasteiger partial charge is 0.272 e. The number of para-hydroxylation sites is 1. The van der Waals surface area contributed by atoms with Gasteiger partial charge >= 0.3 is 0 Å². The van der Waals surface area contributed by atoms with E-state index >= 15 is 0 Å². The normalized spacial score (nSPS) is 10.5. The Morgan fingerprint density at radius 2 is 1.95 bits per heavy atom. The molecule has 2 aromatic rings. The molecule has 19 heavy (non-hydrogen) atoms. The molecule has 100 valence electrons. The van der Waals surface area contributed by atoms with Crippen molar-refractivity contribution in [3.8, 4) is 0 Å². The molecule has 0 aliphatic carbocycles. The zero-order chi connectivity index (χ0) is 13.8.